The second kappa shape index (κ2) is 6.30. The highest BCUT2D eigenvalue weighted by molar-refractivity contribution is 5.62. The van der Waals surface area contributed by atoms with Gasteiger partial charge in [0.15, 0.2) is 11.5 Å². The number of fused-ring (bicyclic) bond motifs is 2. The Labute approximate surface area is 147 Å². The van der Waals surface area contributed by atoms with E-state index in [0.717, 1.165) is 29.8 Å². The summed E-state index contributed by atoms with van der Waals surface area (Å²) in [5.74, 6) is 1.77. The van der Waals surface area contributed by atoms with E-state index < -0.39 is 0 Å². The Kier molecular flexibility index (Phi) is 3.98. The predicted octanol–water partition coefficient (Wildman–Crippen LogP) is 3.26. The van der Waals surface area contributed by atoms with Crippen LogP contribution in [0.5, 0.6) is 17.2 Å². The van der Waals surface area contributed by atoms with Crippen molar-refractivity contribution in [1.29, 1.82) is 5.26 Å². The van der Waals surface area contributed by atoms with Crippen molar-refractivity contribution in [2.75, 3.05) is 27.5 Å². The van der Waals surface area contributed by atoms with E-state index in [1.807, 2.05) is 36.4 Å². The zero-order valence-electron chi connectivity index (χ0n) is 14.4. The molecular weight excluding hydrogens is 316 g/mol. The molecule has 2 atom stereocenters. The molecule has 0 amide bonds. The van der Waals surface area contributed by atoms with Crippen LogP contribution in [0, 0.1) is 11.3 Å². The molecule has 0 saturated heterocycles. The fourth-order valence-electron chi connectivity index (χ4n) is 3.88. The molecule has 2 aromatic rings. The Balaban J connectivity index is 1.89. The van der Waals surface area contributed by atoms with Gasteiger partial charge in [-0.05, 0) is 30.7 Å². The summed E-state index contributed by atoms with van der Waals surface area (Å²) in [4.78, 5) is 2.23. The Morgan fingerprint density at radius 3 is 2.80 bits per heavy atom. The maximum atomic E-state index is 9.96. The van der Waals surface area contributed by atoms with E-state index in [1.54, 1.807) is 7.11 Å². The number of hydrogen-bond acceptors (Lipinski definition) is 5. The number of nitriles is 1. The number of rotatable bonds is 3. The number of methoxy groups -OCH3 is 1. The first-order valence-corrected chi connectivity index (χ1v) is 8.38. The second-order valence-corrected chi connectivity index (χ2v) is 6.41. The zero-order chi connectivity index (χ0) is 17.4. The Morgan fingerprint density at radius 2 is 2.08 bits per heavy atom. The summed E-state index contributed by atoms with van der Waals surface area (Å²) in [5.41, 5.74) is 3.21. The molecule has 2 aliphatic heterocycles. The molecule has 0 bridgehead atoms. The average molecular weight is 336 g/mol. The van der Waals surface area contributed by atoms with Crippen LogP contribution in [0.3, 0.4) is 0 Å². The highest BCUT2D eigenvalue weighted by atomic mass is 16.7. The van der Waals surface area contributed by atoms with Gasteiger partial charge in [0.25, 0.3) is 0 Å². The van der Waals surface area contributed by atoms with E-state index in [4.69, 9.17) is 14.2 Å². The first kappa shape index (κ1) is 15.8. The van der Waals surface area contributed by atoms with Crippen LogP contribution in [0.4, 0.5) is 0 Å². The molecule has 5 nitrogen and oxygen atoms in total. The van der Waals surface area contributed by atoms with Crippen LogP contribution in [0.25, 0.3) is 0 Å². The van der Waals surface area contributed by atoms with Crippen molar-refractivity contribution in [2.24, 2.45) is 0 Å². The van der Waals surface area contributed by atoms with Gasteiger partial charge in [-0.25, -0.2) is 0 Å². The molecule has 0 spiro atoms. The monoisotopic (exact) mass is 336 g/mol. The molecule has 0 aliphatic carbocycles. The van der Waals surface area contributed by atoms with Gasteiger partial charge < -0.3 is 14.2 Å². The van der Waals surface area contributed by atoms with Crippen molar-refractivity contribution in [3.8, 4) is 23.3 Å². The van der Waals surface area contributed by atoms with Crippen molar-refractivity contribution in [3.63, 3.8) is 0 Å². The zero-order valence-corrected chi connectivity index (χ0v) is 14.4. The first-order valence-electron chi connectivity index (χ1n) is 8.38. The summed E-state index contributed by atoms with van der Waals surface area (Å²) >= 11 is 0. The van der Waals surface area contributed by atoms with E-state index in [0.29, 0.717) is 11.5 Å². The van der Waals surface area contributed by atoms with Crippen molar-refractivity contribution >= 4 is 0 Å². The molecule has 128 valence electrons. The van der Waals surface area contributed by atoms with Gasteiger partial charge in [0, 0.05) is 12.1 Å². The number of likely N-dealkylation sites (N-methyl/N-ethyl adjacent to an activating group) is 1. The number of hydrogen-bond donors (Lipinski definition) is 0. The largest absolute Gasteiger partial charge is 0.492 e. The highest BCUT2D eigenvalue weighted by Gasteiger charge is 2.38. The molecule has 25 heavy (non-hydrogen) atoms. The fourth-order valence-corrected chi connectivity index (χ4v) is 3.88. The lowest BCUT2D eigenvalue weighted by Crippen LogP contribution is -2.36. The number of nitrogens with zero attached hydrogens (tertiary/aromatic N) is 2. The summed E-state index contributed by atoms with van der Waals surface area (Å²) in [7, 11) is 3.71. The second-order valence-electron chi connectivity index (χ2n) is 6.41. The highest BCUT2D eigenvalue weighted by Crippen LogP contribution is 2.52. The van der Waals surface area contributed by atoms with Gasteiger partial charge in [-0.15, -0.1) is 0 Å². The quantitative estimate of drug-likeness (QED) is 0.861. The molecule has 0 aromatic heterocycles. The van der Waals surface area contributed by atoms with Gasteiger partial charge in [-0.2, -0.15) is 5.26 Å². The third-order valence-corrected chi connectivity index (χ3v) is 5.07. The lowest BCUT2D eigenvalue weighted by molar-refractivity contribution is 0.170. The van der Waals surface area contributed by atoms with Crippen LogP contribution in [-0.4, -0.2) is 32.4 Å². The number of ether oxygens (including phenoxy) is 3. The molecule has 0 fully saturated rings. The lowest BCUT2D eigenvalue weighted by Gasteiger charge is -2.38. The average Bonchev–Trinajstić information content (AvgIpc) is 3.11. The van der Waals surface area contributed by atoms with Gasteiger partial charge in [-0.1, -0.05) is 30.3 Å². The van der Waals surface area contributed by atoms with Gasteiger partial charge in [0.1, 0.15) is 0 Å². The fraction of sp³-hybridized carbons (Fsp3) is 0.350. The molecule has 2 aromatic carbocycles. The molecule has 0 N–H and O–H groups in total. The Morgan fingerprint density at radius 1 is 1.28 bits per heavy atom. The molecule has 4 rings (SSSR count). The summed E-state index contributed by atoms with van der Waals surface area (Å²) in [6.45, 7) is 1.08. The number of benzene rings is 2. The lowest BCUT2D eigenvalue weighted by atomic mass is 9.81. The normalized spacial score (nSPS) is 19.8. The minimum absolute atomic E-state index is 0.0967. The maximum absolute atomic E-state index is 9.96. The third-order valence-electron chi connectivity index (χ3n) is 5.07. The van der Waals surface area contributed by atoms with Crippen LogP contribution in [0.1, 0.15) is 28.7 Å². The van der Waals surface area contributed by atoms with E-state index >= 15 is 0 Å². The molecule has 2 heterocycles. The Bertz CT molecular complexity index is 829. The van der Waals surface area contributed by atoms with Crippen LogP contribution < -0.4 is 14.2 Å². The van der Waals surface area contributed by atoms with Crippen LogP contribution in [0.15, 0.2) is 36.4 Å². The third kappa shape index (κ3) is 2.50. The van der Waals surface area contributed by atoms with Gasteiger partial charge in [0.05, 0.1) is 25.1 Å². The minimum Gasteiger partial charge on any atom is -0.492 e. The standard InChI is InChI=1S/C20H20N2O3/c1-22-9-8-14-10-16-19(25-12-24-16)20(23-2)17(14)18(22)15(11-21)13-6-4-3-5-7-13/h3-7,10,15,18H,8-9,12H2,1-2H3/t15-,18+/m1/s1. The smallest absolute Gasteiger partial charge is 0.231 e. The molecule has 0 unspecified atom stereocenters. The SMILES string of the molecule is COc1c2c(cc3c1[C@H]([C@H](C#N)c1ccccc1)N(C)CC3)OCO2. The van der Waals surface area contributed by atoms with Crippen LogP contribution in [-0.2, 0) is 6.42 Å². The molecule has 0 saturated carbocycles. The Hall–Kier alpha value is -2.71. The molecule has 2 aliphatic rings. The van der Waals surface area contributed by atoms with Crippen LogP contribution >= 0.6 is 0 Å². The molecule has 5 heteroatoms. The van der Waals surface area contributed by atoms with Gasteiger partial charge in [-0.3, -0.25) is 4.90 Å². The van der Waals surface area contributed by atoms with E-state index in [2.05, 4.69) is 18.0 Å². The van der Waals surface area contributed by atoms with E-state index in [-0.39, 0.29) is 18.8 Å². The van der Waals surface area contributed by atoms with Gasteiger partial charge in [0.2, 0.25) is 12.5 Å². The van der Waals surface area contributed by atoms with Crippen molar-refractivity contribution < 1.29 is 14.2 Å². The predicted molar refractivity (Wildman–Crippen MR) is 93.0 cm³/mol. The van der Waals surface area contributed by atoms with E-state index in [9.17, 15) is 5.26 Å². The topological polar surface area (TPSA) is 54.7 Å². The summed E-state index contributed by atoms with van der Waals surface area (Å²) < 4.78 is 16.9. The van der Waals surface area contributed by atoms with Gasteiger partial charge >= 0.3 is 0 Å². The summed E-state index contributed by atoms with van der Waals surface area (Å²) in [5, 5.41) is 9.96. The molecule has 0 radical (unpaired) electrons. The van der Waals surface area contributed by atoms with Crippen molar-refractivity contribution in [2.45, 2.75) is 18.4 Å². The van der Waals surface area contributed by atoms with Crippen molar-refractivity contribution in [3.05, 3.63) is 53.1 Å². The summed E-state index contributed by atoms with van der Waals surface area (Å²) in [6.07, 6.45) is 0.891. The molecular formula is C20H20N2O3. The minimum atomic E-state index is -0.292. The van der Waals surface area contributed by atoms with Crippen molar-refractivity contribution in [1.82, 2.24) is 4.90 Å². The van der Waals surface area contributed by atoms with Crippen LogP contribution in [0.2, 0.25) is 0 Å². The summed E-state index contributed by atoms with van der Waals surface area (Å²) in [6, 6.07) is 14.4. The van der Waals surface area contributed by atoms with E-state index in [1.165, 1.54) is 5.56 Å². The maximum Gasteiger partial charge on any atom is 0.231 e. The first-order chi connectivity index (χ1) is 12.2.